The zero-order chi connectivity index (χ0) is 31.0. The Balaban J connectivity index is 1.51. The van der Waals surface area contributed by atoms with E-state index in [9.17, 15) is 42.0 Å². The van der Waals surface area contributed by atoms with Crippen LogP contribution in [0.4, 0.5) is 22.4 Å². The number of likely N-dealkylation sites (tertiary alicyclic amines) is 1. The second-order valence-corrected chi connectivity index (χ2v) is 10.8. The highest BCUT2D eigenvalue weighted by Gasteiger charge is 2.57. The average Bonchev–Trinajstić information content (AvgIpc) is 3.11. The highest BCUT2D eigenvalue weighted by atomic mass is 19.4. The first-order valence-corrected chi connectivity index (χ1v) is 13.2. The van der Waals surface area contributed by atoms with Gasteiger partial charge in [0, 0.05) is 26.7 Å². The number of nitriles is 1. The minimum absolute atomic E-state index is 0.0530. The van der Waals surface area contributed by atoms with Crippen molar-refractivity contribution in [2.45, 2.75) is 51.0 Å². The number of carbonyl (C=O) groups excluding carboxylic acids is 4. The van der Waals surface area contributed by atoms with E-state index in [1.807, 2.05) is 6.07 Å². The molecule has 0 bridgehead atoms. The van der Waals surface area contributed by atoms with Crippen molar-refractivity contribution in [3.63, 3.8) is 0 Å². The number of urea groups is 1. The predicted octanol–water partition coefficient (Wildman–Crippen LogP) is 3.93. The Morgan fingerprint density at radius 1 is 1.10 bits per heavy atom. The maximum Gasteiger partial charge on any atom is 0.416 e. The van der Waals surface area contributed by atoms with E-state index in [2.05, 4.69) is 5.32 Å². The number of nitrogens with one attached hydrogen (secondary N) is 1. The third-order valence-electron chi connectivity index (χ3n) is 7.79. The van der Waals surface area contributed by atoms with Crippen molar-refractivity contribution in [1.82, 2.24) is 20.0 Å². The molecule has 0 aromatic heterocycles. The van der Waals surface area contributed by atoms with Crippen molar-refractivity contribution >= 4 is 23.8 Å². The standard InChI is InChI=1S/C29H29F4N5O4/c1-17(2)23(35-24(39)21-14-20(29(31,32)33)7-8-22(21)30)25(40)37-11-9-28(10-12-37)26(41)36(3)27(42)38(28)16-19-6-4-5-18(13-19)15-34/h4-8,13-14,17,23H,9-12,16H2,1-3H3,(H,35,39). The molecule has 2 aliphatic heterocycles. The number of piperidine rings is 1. The van der Waals surface area contributed by atoms with E-state index in [0.29, 0.717) is 29.3 Å². The molecule has 222 valence electrons. The van der Waals surface area contributed by atoms with Gasteiger partial charge in [0.05, 0.1) is 22.8 Å². The van der Waals surface area contributed by atoms with Crippen LogP contribution >= 0.6 is 0 Å². The second-order valence-electron chi connectivity index (χ2n) is 10.8. The molecule has 5 amide bonds. The van der Waals surface area contributed by atoms with Crippen LogP contribution in [0.15, 0.2) is 42.5 Å². The van der Waals surface area contributed by atoms with E-state index in [-0.39, 0.29) is 32.5 Å². The molecule has 2 fully saturated rings. The molecule has 0 aliphatic carbocycles. The molecule has 2 aromatic carbocycles. The van der Waals surface area contributed by atoms with E-state index in [1.165, 1.54) is 16.8 Å². The molecule has 9 nitrogen and oxygen atoms in total. The number of rotatable bonds is 6. The smallest absolute Gasteiger partial charge is 0.341 e. The van der Waals surface area contributed by atoms with E-state index >= 15 is 0 Å². The minimum Gasteiger partial charge on any atom is -0.341 e. The molecule has 2 aliphatic rings. The minimum atomic E-state index is -4.79. The summed E-state index contributed by atoms with van der Waals surface area (Å²) in [6, 6.07) is 8.50. The lowest BCUT2D eigenvalue weighted by Crippen LogP contribution is -2.60. The van der Waals surface area contributed by atoms with E-state index in [4.69, 9.17) is 0 Å². The van der Waals surface area contributed by atoms with Crippen LogP contribution in [0.5, 0.6) is 0 Å². The first kappa shape index (κ1) is 30.5. The van der Waals surface area contributed by atoms with Gasteiger partial charge in [-0.15, -0.1) is 0 Å². The van der Waals surface area contributed by atoms with Gasteiger partial charge >= 0.3 is 12.2 Å². The van der Waals surface area contributed by atoms with Gasteiger partial charge < -0.3 is 15.1 Å². The van der Waals surface area contributed by atoms with Crippen molar-refractivity contribution in [3.8, 4) is 6.07 Å². The number of benzene rings is 2. The number of nitrogens with zero attached hydrogens (tertiary/aromatic N) is 4. The molecular weight excluding hydrogens is 558 g/mol. The Morgan fingerprint density at radius 3 is 2.36 bits per heavy atom. The van der Waals surface area contributed by atoms with Gasteiger partial charge in [-0.1, -0.05) is 26.0 Å². The van der Waals surface area contributed by atoms with E-state index in [1.54, 1.807) is 38.1 Å². The Hall–Kier alpha value is -4.47. The van der Waals surface area contributed by atoms with E-state index in [0.717, 1.165) is 4.90 Å². The zero-order valence-electron chi connectivity index (χ0n) is 23.2. The van der Waals surface area contributed by atoms with Gasteiger partial charge in [0.15, 0.2) is 0 Å². The van der Waals surface area contributed by atoms with Crippen LogP contribution in [0.1, 0.15) is 53.7 Å². The largest absolute Gasteiger partial charge is 0.416 e. The molecule has 1 N–H and O–H groups in total. The quantitative estimate of drug-likeness (QED) is 0.407. The van der Waals surface area contributed by atoms with Gasteiger partial charge in [-0.2, -0.15) is 18.4 Å². The van der Waals surface area contributed by atoms with Gasteiger partial charge in [-0.05, 0) is 54.7 Å². The van der Waals surface area contributed by atoms with E-state index < -0.39 is 64.4 Å². The van der Waals surface area contributed by atoms with Gasteiger partial charge in [0.2, 0.25) is 5.91 Å². The monoisotopic (exact) mass is 587 g/mol. The normalized spacial score (nSPS) is 17.5. The topological polar surface area (TPSA) is 114 Å². The summed E-state index contributed by atoms with van der Waals surface area (Å²) in [6.45, 7) is 3.43. The maximum absolute atomic E-state index is 14.3. The lowest BCUT2D eigenvalue weighted by molar-refractivity contribution is -0.142. The van der Waals surface area contributed by atoms with Crippen LogP contribution in [0, 0.1) is 23.1 Å². The third kappa shape index (κ3) is 5.66. The number of hydrogen-bond acceptors (Lipinski definition) is 5. The molecule has 42 heavy (non-hydrogen) atoms. The van der Waals surface area contributed by atoms with Crippen molar-refractivity contribution < 1.29 is 36.7 Å². The van der Waals surface area contributed by atoms with Crippen molar-refractivity contribution in [3.05, 3.63) is 70.5 Å². The van der Waals surface area contributed by atoms with Crippen LogP contribution in [0.25, 0.3) is 0 Å². The fraction of sp³-hybridized carbons (Fsp3) is 0.414. The summed E-state index contributed by atoms with van der Waals surface area (Å²) in [7, 11) is 1.38. The Labute approximate surface area is 239 Å². The lowest BCUT2D eigenvalue weighted by Gasteiger charge is -2.43. The van der Waals surface area contributed by atoms with Crippen molar-refractivity contribution in [1.29, 1.82) is 5.26 Å². The summed E-state index contributed by atoms with van der Waals surface area (Å²) < 4.78 is 53.7. The number of imide groups is 1. The van der Waals surface area contributed by atoms with Gasteiger partial charge in [-0.3, -0.25) is 19.3 Å². The number of carbonyl (C=O) groups is 4. The third-order valence-corrected chi connectivity index (χ3v) is 7.79. The van der Waals surface area contributed by atoms with Gasteiger partial charge in [-0.25, -0.2) is 9.18 Å². The molecule has 1 unspecified atom stereocenters. The van der Waals surface area contributed by atoms with Crippen LogP contribution in [0.2, 0.25) is 0 Å². The Morgan fingerprint density at radius 2 is 1.76 bits per heavy atom. The second kappa shape index (κ2) is 11.4. The van der Waals surface area contributed by atoms with Crippen LogP contribution < -0.4 is 5.32 Å². The molecule has 2 aromatic rings. The molecule has 4 rings (SSSR count). The van der Waals surface area contributed by atoms with Gasteiger partial charge in [0.25, 0.3) is 11.8 Å². The SMILES string of the molecule is CC(C)C(NC(=O)c1cc(C(F)(F)F)ccc1F)C(=O)N1CCC2(CC1)C(=O)N(C)C(=O)N2Cc1cccc(C#N)c1. The molecule has 2 heterocycles. The number of alkyl halides is 3. The summed E-state index contributed by atoms with van der Waals surface area (Å²) in [4.78, 5) is 56.6. The lowest BCUT2D eigenvalue weighted by atomic mass is 9.85. The summed E-state index contributed by atoms with van der Waals surface area (Å²) in [5.74, 6) is -3.79. The molecule has 1 atom stereocenters. The molecule has 0 saturated carbocycles. The van der Waals surface area contributed by atoms with Crippen LogP contribution in [-0.4, -0.2) is 70.2 Å². The summed E-state index contributed by atoms with van der Waals surface area (Å²) >= 11 is 0. The Bertz CT molecular complexity index is 1460. The number of halogens is 4. The predicted molar refractivity (Wildman–Crippen MR) is 141 cm³/mol. The van der Waals surface area contributed by atoms with Gasteiger partial charge in [0.1, 0.15) is 17.4 Å². The zero-order valence-corrected chi connectivity index (χ0v) is 23.2. The summed E-state index contributed by atoms with van der Waals surface area (Å²) in [5.41, 5.74) is -2.20. The summed E-state index contributed by atoms with van der Waals surface area (Å²) in [5, 5.41) is 11.6. The number of likely N-dealkylation sites (N-methyl/N-ethyl adjacent to an activating group) is 1. The molecular formula is C29H29F4N5O4. The Kier molecular flexibility index (Phi) is 8.29. The fourth-order valence-corrected chi connectivity index (χ4v) is 5.41. The molecule has 0 radical (unpaired) electrons. The number of hydrogen-bond donors (Lipinski definition) is 1. The average molecular weight is 588 g/mol. The summed E-state index contributed by atoms with van der Waals surface area (Å²) in [6.07, 6.45) is -4.58. The first-order chi connectivity index (χ1) is 19.7. The maximum atomic E-state index is 14.3. The fourth-order valence-electron chi connectivity index (χ4n) is 5.41. The first-order valence-electron chi connectivity index (χ1n) is 13.2. The van der Waals surface area contributed by atoms with Crippen molar-refractivity contribution in [2.24, 2.45) is 5.92 Å². The molecule has 2 saturated heterocycles. The highest BCUT2D eigenvalue weighted by Crippen LogP contribution is 2.38. The molecule has 13 heteroatoms. The highest BCUT2D eigenvalue weighted by molar-refractivity contribution is 6.07. The molecule has 1 spiro atoms. The van der Waals surface area contributed by atoms with Crippen molar-refractivity contribution in [2.75, 3.05) is 20.1 Å². The van der Waals surface area contributed by atoms with Crippen LogP contribution in [-0.2, 0) is 22.3 Å². The van der Waals surface area contributed by atoms with Crippen LogP contribution in [0.3, 0.4) is 0 Å². The number of amides is 5.